The van der Waals surface area contributed by atoms with E-state index < -0.39 is 36.1 Å². The number of methoxy groups -OCH3 is 1. The van der Waals surface area contributed by atoms with Gasteiger partial charge in [0.2, 0.25) is 11.7 Å². The van der Waals surface area contributed by atoms with E-state index in [1.54, 1.807) is 31.4 Å². The van der Waals surface area contributed by atoms with E-state index in [0.29, 0.717) is 12.2 Å². The van der Waals surface area contributed by atoms with E-state index in [9.17, 15) is 23.5 Å². The molecule has 0 saturated carbocycles. The van der Waals surface area contributed by atoms with Gasteiger partial charge in [-0.05, 0) is 48.2 Å². The molecule has 1 atom stereocenters. The minimum absolute atomic E-state index is 0.0374. The van der Waals surface area contributed by atoms with Crippen LogP contribution in [0.5, 0.6) is 5.75 Å². The monoisotopic (exact) mass is 481 g/mol. The number of nitrogens with one attached hydrogen (secondary N) is 2. The Hall–Kier alpha value is -4.03. The molecule has 1 unspecified atom stereocenters. The summed E-state index contributed by atoms with van der Waals surface area (Å²) in [5.74, 6) is 3.54. The summed E-state index contributed by atoms with van der Waals surface area (Å²) in [5.41, 5.74) is 2.44. The molecule has 0 fully saturated rings. The molecule has 1 aromatic heterocycles. The number of aromatic amines is 1. The van der Waals surface area contributed by atoms with Gasteiger partial charge in [0.25, 0.3) is 12.0 Å². The van der Waals surface area contributed by atoms with E-state index >= 15 is 0 Å². The van der Waals surface area contributed by atoms with Crippen LogP contribution in [-0.4, -0.2) is 47.7 Å². The van der Waals surface area contributed by atoms with Gasteiger partial charge in [-0.2, -0.15) is 0 Å². The quantitative estimate of drug-likeness (QED) is 0.408. The van der Waals surface area contributed by atoms with Crippen molar-refractivity contribution in [2.75, 3.05) is 20.3 Å². The molecule has 35 heavy (non-hydrogen) atoms. The molecule has 3 rings (SSSR count). The van der Waals surface area contributed by atoms with Crippen molar-refractivity contribution < 1.29 is 23.4 Å². The van der Waals surface area contributed by atoms with Gasteiger partial charge >= 0.3 is 0 Å². The Kier molecular flexibility index (Phi) is 9.09. The maximum atomic E-state index is 12.6. The van der Waals surface area contributed by atoms with E-state index in [2.05, 4.69) is 27.1 Å². The highest BCUT2D eigenvalue weighted by molar-refractivity contribution is 5.84. The Morgan fingerprint density at radius 1 is 1.09 bits per heavy atom. The highest BCUT2D eigenvalue weighted by Crippen LogP contribution is 2.24. The summed E-state index contributed by atoms with van der Waals surface area (Å²) < 4.78 is 30.2. The van der Waals surface area contributed by atoms with Gasteiger partial charge in [-0.3, -0.25) is 9.59 Å². The lowest BCUT2D eigenvalue weighted by Gasteiger charge is -2.17. The Balaban J connectivity index is 1.75. The van der Waals surface area contributed by atoms with Crippen molar-refractivity contribution in [2.45, 2.75) is 25.2 Å². The van der Waals surface area contributed by atoms with Crippen LogP contribution in [0.15, 0.2) is 59.7 Å². The van der Waals surface area contributed by atoms with E-state index in [-0.39, 0.29) is 12.1 Å². The van der Waals surface area contributed by atoms with Crippen LogP contribution in [0.1, 0.15) is 33.9 Å². The smallest absolute Gasteiger partial charge is 0.293 e. The number of rotatable bonds is 9. The lowest BCUT2D eigenvalue weighted by atomic mass is 9.94. The number of hydrogen-bond acceptors (Lipinski definition) is 5. The normalized spacial score (nSPS) is 11.5. The number of hydrogen-bond donors (Lipinski definition) is 3. The third-order valence-electron chi connectivity index (χ3n) is 5.23. The van der Waals surface area contributed by atoms with Gasteiger partial charge < -0.3 is 20.1 Å². The molecular weight excluding hydrogens is 456 g/mol. The molecule has 1 heterocycles. The lowest BCUT2D eigenvalue weighted by Crippen LogP contribution is -2.34. The van der Waals surface area contributed by atoms with E-state index in [1.807, 2.05) is 24.3 Å². The second-order valence-corrected chi connectivity index (χ2v) is 7.75. The van der Waals surface area contributed by atoms with Crippen molar-refractivity contribution in [1.29, 1.82) is 0 Å². The van der Waals surface area contributed by atoms with Crippen molar-refractivity contribution in [1.82, 2.24) is 15.3 Å². The Morgan fingerprint density at radius 3 is 2.26 bits per heavy atom. The highest BCUT2D eigenvalue weighted by Gasteiger charge is 2.27. The average Bonchev–Trinajstić information content (AvgIpc) is 2.86. The fourth-order valence-electron chi connectivity index (χ4n) is 3.35. The van der Waals surface area contributed by atoms with Crippen LogP contribution in [0.4, 0.5) is 8.78 Å². The maximum absolute atomic E-state index is 12.6. The van der Waals surface area contributed by atoms with Crippen LogP contribution < -0.4 is 10.9 Å². The number of aromatic hydroxyl groups is 1. The number of carbonyl (C=O) groups is 1. The van der Waals surface area contributed by atoms with Crippen LogP contribution >= 0.6 is 0 Å². The van der Waals surface area contributed by atoms with Crippen molar-refractivity contribution in [3.8, 4) is 17.6 Å². The first kappa shape index (κ1) is 25.6. The zero-order valence-corrected chi connectivity index (χ0v) is 19.1. The topological polar surface area (TPSA) is 104 Å². The summed E-state index contributed by atoms with van der Waals surface area (Å²) in [7, 11) is 1.66. The first-order valence-corrected chi connectivity index (χ1v) is 10.9. The molecule has 0 spiro atoms. The van der Waals surface area contributed by atoms with Gasteiger partial charge in [-0.25, -0.2) is 13.8 Å². The predicted octanol–water partition coefficient (Wildman–Crippen LogP) is 2.77. The predicted molar refractivity (Wildman–Crippen MR) is 126 cm³/mol. The molecule has 0 saturated heterocycles. The third-order valence-corrected chi connectivity index (χ3v) is 5.23. The number of nitrogens with zero attached hydrogens (tertiary/aromatic N) is 1. The highest BCUT2D eigenvalue weighted by atomic mass is 19.3. The van der Waals surface area contributed by atoms with E-state index in [1.165, 1.54) is 0 Å². The van der Waals surface area contributed by atoms with Crippen molar-refractivity contribution in [2.24, 2.45) is 0 Å². The Labute approximate surface area is 201 Å². The number of halogens is 2. The molecule has 3 N–H and O–H groups in total. The van der Waals surface area contributed by atoms with Crippen LogP contribution in [0.3, 0.4) is 0 Å². The van der Waals surface area contributed by atoms with E-state index in [0.717, 1.165) is 29.4 Å². The van der Waals surface area contributed by atoms with Crippen LogP contribution in [-0.2, 0) is 22.4 Å². The number of H-pyrrole nitrogens is 1. The molecule has 2 aromatic carbocycles. The van der Waals surface area contributed by atoms with Gasteiger partial charge in [0.15, 0.2) is 0 Å². The van der Waals surface area contributed by atoms with Crippen LogP contribution in [0.2, 0.25) is 0 Å². The van der Waals surface area contributed by atoms with Crippen molar-refractivity contribution >= 4 is 5.91 Å². The zero-order valence-electron chi connectivity index (χ0n) is 19.1. The largest absolute Gasteiger partial charge is 0.502 e. The minimum Gasteiger partial charge on any atom is -0.502 e. The summed E-state index contributed by atoms with van der Waals surface area (Å²) in [4.78, 5) is 30.5. The molecule has 3 aromatic rings. The summed E-state index contributed by atoms with van der Waals surface area (Å²) in [6, 6.07) is 14.9. The minimum atomic E-state index is -2.74. The maximum Gasteiger partial charge on any atom is 0.293 e. The second kappa shape index (κ2) is 12.4. The molecule has 0 aliphatic carbocycles. The number of amides is 1. The van der Waals surface area contributed by atoms with Crippen molar-refractivity contribution in [3.63, 3.8) is 0 Å². The Bertz CT molecular complexity index is 1250. The standard InChI is InChI=1S/C26H25F2N3O4/c1-35-13-12-19-6-4-17(5-7-19)2-3-18-8-10-20(11-9-18)14-21(25(33)29-15-22(27)28)23-24(32)26(34)31-16-30-23/h4-11,16,21-22,32H,12-15H2,1H3,(H,29,33)(H,30,31,34). The molecule has 182 valence electrons. The summed E-state index contributed by atoms with van der Waals surface area (Å²) in [5, 5.41) is 12.2. The molecule has 9 heteroatoms. The van der Waals surface area contributed by atoms with Crippen molar-refractivity contribution in [3.05, 3.63) is 93.2 Å². The lowest BCUT2D eigenvalue weighted by molar-refractivity contribution is -0.123. The Morgan fingerprint density at radius 2 is 1.69 bits per heavy atom. The molecule has 1 amide bonds. The average molecular weight is 481 g/mol. The summed E-state index contributed by atoms with van der Waals surface area (Å²) >= 11 is 0. The van der Waals surface area contributed by atoms with Gasteiger partial charge in [-0.1, -0.05) is 36.1 Å². The first-order chi connectivity index (χ1) is 16.9. The number of aromatic nitrogens is 2. The first-order valence-electron chi connectivity index (χ1n) is 10.9. The third kappa shape index (κ3) is 7.48. The molecule has 0 radical (unpaired) electrons. The van der Waals surface area contributed by atoms with E-state index in [4.69, 9.17) is 4.74 Å². The number of ether oxygens (including phenoxy) is 1. The number of alkyl halides is 2. The van der Waals surface area contributed by atoms with Gasteiger partial charge in [-0.15, -0.1) is 0 Å². The van der Waals surface area contributed by atoms with Gasteiger partial charge in [0, 0.05) is 18.2 Å². The summed E-state index contributed by atoms with van der Waals surface area (Å²) in [6.45, 7) is -0.191. The molecule has 0 aliphatic rings. The zero-order chi connectivity index (χ0) is 25.2. The molecule has 0 bridgehead atoms. The van der Waals surface area contributed by atoms with Crippen LogP contribution in [0.25, 0.3) is 0 Å². The SMILES string of the molecule is COCCc1ccc(C#Cc2ccc(CC(C(=O)NCC(F)F)c3nc[nH]c(=O)c3O)cc2)cc1. The number of carbonyl (C=O) groups excluding carboxylic acids is 1. The number of benzene rings is 2. The van der Waals surface area contributed by atoms with Crippen LogP contribution in [0, 0.1) is 11.8 Å². The van der Waals surface area contributed by atoms with Gasteiger partial charge in [0.05, 0.1) is 25.4 Å². The fourth-order valence-corrected chi connectivity index (χ4v) is 3.35. The summed E-state index contributed by atoms with van der Waals surface area (Å²) in [6.07, 6.45) is -0.819. The second-order valence-electron chi connectivity index (χ2n) is 7.75. The molecule has 0 aliphatic heterocycles. The fraction of sp³-hybridized carbons (Fsp3) is 0.269. The molecular formula is C26H25F2N3O4. The van der Waals surface area contributed by atoms with Gasteiger partial charge in [0.1, 0.15) is 5.69 Å². The molecule has 7 nitrogen and oxygen atoms in total.